The Morgan fingerprint density at radius 3 is 2.42 bits per heavy atom. The number of hydrogen-bond acceptors (Lipinski definition) is 3. The van der Waals surface area contributed by atoms with Gasteiger partial charge in [0.1, 0.15) is 4.83 Å². The van der Waals surface area contributed by atoms with Gasteiger partial charge < -0.3 is 5.32 Å². The number of amides is 1. The summed E-state index contributed by atoms with van der Waals surface area (Å²) in [6.07, 6.45) is 0. The highest BCUT2D eigenvalue weighted by atomic mass is 32.1. The predicted molar refractivity (Wildman–Crippen MR) is 106 cm³/mol. The molecule has 0 aliphatic carbocycles. The first kappa shape index (κ1) is 16.5. The molecule has 130 valence electrons. The first-order valence-electron chi connectivity index (χ1n) is 8.54. The second-order valence-electron chi connectivity index (χ2n) is 6.27. The lowest BCUT2D eigenvalue weighted by Gasteiger charge is -2.13. The van der Waals surface area contributed by atoms with Gasteiger partial charge in [0.05, 0.1) is 22.3 Å². The Morgan fingerprint density at radius 1 is 1.08 bits per heavy atom. The molecule has 2 aromatic heterocycles. The Kier molecular flexibility index (Phi) is 4.31. The molecule has 4 aromatic rings. The van der Waals surface area contributed by atoms with Crippen LogP contribution in [-0.4, -0.2) is 15.7 Å². The quantitative estimate of drug-likeness (QED) is 0.563. The maximum absolute atomic E-state index is 12.7. The van der Waals surface area contributed by atoms with Crippen LogP contribution >= 0.6 is 11.3 Å². The van der Waals surface area contributed by atoms with Crippen molar-refractivity contribution in [1.82, 2.24) is 15.1 Å². The molecule has 4 rings (SSSR count). The van der Waals surface area contributed by atoms with Gasteiger partial charge in [-0.05, 0) is 37.6 Å². The number of rotatable bonds is 4. The summed E-state index contributed by atoms with van der Waals surface area (Å²) in [5.41, 5.74) is 3.01. The van der Waals surface area contributed by atoms with Gasteiger partial charge in [-0.25, -0.2) is 4.68 Å². The van der Waals surface area contributed by atoms with E-state index in [4.69, 9.17) is 0 Å². The zero-order chi connectivity index (χ0) is 18.1. The van der Waals surface area contributed by atoms with E-state index >= 15 is 0 Å². The minimum Gasteiger partial charge on any atom is -0.345 e. The van der Waals surface area contributed by atoms with E-state index in [1.807, 2.05) is 85.3 Å². The molecule has 0 saturated carbocycles. The van der Waals surface area contributed by atoms with Gasteiger partial charge in [-0.3, -0.25) is 4.79 Å². The van der Waals surface area contributed by atoms with Crippen molar-refractivity contribution >= 4 is 27.5 Å². The van der Waals surface area contributed by atoms with Crippen molar-refractivity contribution in [2.24, 2.45) is 0 Å². The van der Waals surface area contributed by atoms with Gasteiger partial charge in [-0.2, -0.15) is 5.10 Å². The van der Waals surface area contributed by atoms with Crippen molar-refractivity contribution in [3.63, 3.8) is 0 Å². The molecule has 0 saturated heterocycles. The van der Waals surface area contributed by atoms with Gasteiger partial charge >= 0.3 is 0 Å². The molecule has 1 N–H and O–H groups in total. The average molecular weight is 361 g/mol. The van der Waals surface area contributed by atoms with Crippen molar-refractivity contribution in [2.75, 3.05) is 0 Å². The van der Waals surface area contributed by atoms with Crippen LogP contribution in [0.3, 0.4) is 0 Å². The smallest absolute Gasteiger partial charge is 0.261 e. The molecule has 1 amide bonds. The highest BCUT2D eigenvalue weighted by Gasteiger charge is 2.18. The lowest BCUT2D eigenvalue weighted by molar-refractivity contribution is 0.0944. The third kappa shape index (κ3) is 3.02. The zero-order valence-electron chi connectivity index (χ0n) is 14.6. The van der Waals surface area contributed by atoms with Crippen molar-refractivity contribution in [3.8, 4) is 5.69 Å². The fourth-order valence-electron chi connectivity index (χ4n) is 3.00. The van der Waals surface area contributed by atoms with Crippen LogP contribution < -0.4 is 5.32 Å². The molecular formula is C21H19N3OS. The van der Waals surface area contributed by atoms with Gasteiger partial charge in [0, 0.05) is 5.39 Å². The van der Waals surface area contributed by atoms with E-state index < -0.39 is 0 Å². The molecule has 0 aliphatic heterocycles. The average Bonchev–Trinajstić information content (AvgIpc) is 3.24. The second-order valence-corrected chi connectivity index (χ2v) is 7.30. The molecule has 0 radical (unpaired) electrons. The molecule has 1 unspecified atom stereocenters. The van der Waals surface area contributed by atoms with Gasteiger partial charge in [0.15, 0.2) is 0 Å². The standard InChI is InChI=1S/C21H19N3OS/c1-14(16-9-5-3-6-10-16)22-20(25)19-13-18-15(2)23-24(21(18)26-19)17-11-7-4-8-12-17/h3-14H,1-2H3,(H,22,25). The topological polar surface area (TPSA) is 46.9 Å². The fraction of sp³-hybridized carbons (Fsp3) is 0.143. The number of carbonyl (C=O) groups is 1. The van der Waals surface area contributed by atoms with E-state index in [-0.39, 0.29) is 11.9 Å². The lowest BCUT2D eigenvalue weighted by Crippen LogP contribution is -2.25. The van der Waals surface area contributed by atoms with E-state index in [2.05, 4.69) is 10.4 Å². The Labute approximate surface area is 156 Å². The fourth-order valence-corrected chi connectivity index (χ4v) is 4.08. The summed E-state index contributed by atoms with van der Waals surface area (Å²) in [7, 11) is 0. The Morgan fingerprint density at radius 2 is 1.73 bits per heavy atom. The summed E-state index contributed by atoms with van der Waals surface area (Å²) in [5, 5.41) is 8.73. The van der Waals surface area contributed by atoms with E-state index in [0.29, 0.717) is 4.88 Å². The number of hydrogen-bond donors (Lipinski definition) is 1. The monoisotopic (exact) mass is 361 g/mol. The highest BCUT2D eigenvalue weighted by Crippen LogP contribution is 2.30. The van der Waals surface area contributed by atoms with Crippen LogP contribution in [0.5, 0.6) is 0 Å². The third-order valence-electron chi connectivity index (χ3n) is 4.42. The molecule has 26 heavy (non-hydrogen) atoms. The molecule has 5 heteroatoms. The summed E-state index contributed by atoms with van der Waals surface area (Å²) < 4.78 is 1.91. The SMILES string of the molecule is Cc1nn(-c2ccccc2)c2sc(C(=O)NC(C)c3ccccc3)cc12. The normalized spacial score (nSPS) is 12.2. The molecule has 2 heterocycles. The summed E-state index contributed by atoms with van der Waals surface area (Å²) >= 11 is 1.47. The third-order valence-corrected chi connectivity index (χ3v) is 5.53. The maximum atomic E-state index is 12.7. The number of aryl methyl sites for hydroxylation is 1. The summed E-state index contributed by atoms with van der Waals surface area (Å²) in [5.74, 6) is -0.0541. The lowest BCUT2D eigenvalue weighted by atomic mass is 10.1. The van der Waals surface area contributed by atoms with Gasteiger partial charge in [-0.15, -0.1) is 11.3 Å². The van der Waals surface area contributed by atoms with Crippen LogP contribution in [0.2, 0.25) is 0 Å². The van der Waals surface area contributed by atoms with Crippen LogP contribution in [0.4, 0.5) is 0 Å². The van der Waals surface area contributed by atoms with Crippen molar-refractivity contribution < 1.29 is 4.79 Å². The summed E-state index contributed by atoms with van der Waals surface area (Å²) in [4.78, 5) is 14.4. The molecule has 0 fully saturated rings. The van der Waals surface area contributed by atoms with Gasteiger partial charge in [0.2, 0.25) is 0 Å². The first-order chi connectivity index (χ1) is 12.6. The summed E-state index contributed by atoms with van der Waals surface area (Å²) in [6.45, 7) is 3.97. The molecular weight excluding hydrogens is 342 g/mol. The van der Waals surface area contributed by atoms with Crippen LogP contribution in [0.1, 0.15) is 33.9 Å². The molecule has 0 spiro atoms. The largest absolute Gasteiger partial charge is 0.345 e. The minimum absolute atomic E-state index is 0.0411. The molecule has 4 nitrogen and oxygen atoms in total. The Balaban J connectivity index is 1.64. The number of fused-ring (bicyclic) bond motifs is 1. The minimum atomic E-state index is -0.0541. The number of nitrogens with one attached hydrogen (secondary N) is 1. The highest BCUT2D eigenvalue weighted by molar-refractivity contribution is 7.20. The van der Waals surface area contributed by atoms with Gasteiger partial charge in [0.25, 0.3) is 5.91 Å². The van der Waals surface area contributed by atoms with Crippen molar-refractivity contribution in [2.45, 2.75) is 19.9 Å². The van der Waals surface area contributed by atoms with Crippen molar-refractivity contribution in [1.29, 1.82) is 0 Å². The van der Waals surface area contributed by atoms with Crippen LogP contribution in [-0.2, 0) is 0 Å². The molecule has 1 atom stereocenters. The number of nitrogens with zero attached hydrogens (tertiary/aromatic N) is 2. The van der Waals surface area contributed by atoms with E-state index in [1.54, 1.807) is 0 Å². The number of benzene rings is 2. The molecule has 0 aliphatic rings. The maximum Gasteiger partial charge on any atom is 0.261 e. The van der Waals surface area contributed by atoms with E-state index in [0.717, 1.165) is 27.2 Å². The van der Waals surface area contributed by atoms with E-state index in [9.17, 15) is 4.79 Å². The second kappa shape index (κ2) is 6.77. The Hall–Kier alpha value is -2.92. The van der Waals surface area contributed by atoms with Crippen LogP contribution in [0.15, 0.2) is 66.7 Å². The first-order valence-corrected chi connectivity index (χ1v) is 9.35. The van der Waals surface area contributed by atoms with Crippen molar-refractivity contribution in [3.05, 3.63) is 82.9 Å². The molecule has 0 bridgehead atoms. The van der Waals surface area contributed by atoms with E-state index in [1.165, 1.54) is 11.3 Å². The Bertz CT molecular complexity index is 1050. The van der Waals surface area contributed by atoms with Crippen LogP contribution in [0.25, 0.3) is 15.9 Å². The number of thiophene rings is 1. The predicted octanol–water partition coefficient (Wildman–Crippen LogP) is 4.89. The zero-order valence-corrected chi connectivity index (χ0v) is 15.5. The summed E-state index contributed by atoms with van der Waals surface area (Å²) in [6, 6.07) is 21.9. The van der Waals surface area contributed by atoms with Gasteiger partial charge in [-0.1, -0.05) is 48.5 Å². The van der Waals surface area contributed by atoms with Crippen LogP contribution in [0, 0.1) is 6.92 Å². The number of para-hydroxylation sites is 1. The number of carbonyl (C=O) groups excluding carboxylic acids is 1. The number of aromatic nitrogens is 2. The molecule has 2 aromatic carbocycles.